The molecule has 0 fully saturated rings. The molecule has 0 aliphatic heterocycles. The van der Waals surface area contributed by atoms with E-state index in [2.05, 4.69) is 46.6 Å². The zero-order valence-corrected chi connectivity index (χ0v) is 15.3. The van der Waals surface area contributed by atoms with Crippen molar-refractivity contribution in [1.29, 1.82) is 0 Å². The van der Waals surface area contributed by atoms with Crippen molar-refractivity contribution < 1.29 is 0 Å². The molecule has 3 rings (SSSR count). The van der Waals surface area contributed by atoms with Crippen LogP contribution in [0.4, 0.5) is 0 Å². The standard InChI is InChI=1S/C20H20ClN3S/c1-2-11-22-20(25)24-13-16(14-7-3-5-9-18(14)21)17-12-23-19-10-6-4-8-15(17)19/h2-10,12,16,23H,1,11,13H2,(H2,22,24,25)/t16-/m0/s1. The van der Waals surface area contributed by atoms with Crippen LogP contribution in [-0.4, -0.2) is 23.2 Å². The number of rotatable bonds is 6. The Hall–Kier alpha value is -2.30. The molecule has 0 aliphatic rings. The molecule has 0 spiro atoms. The number of nitrogens with one attached hydrogen (secondary N) is 3. The van der Waals surface area contributed by atoms with E-state index in [1.165, 1.54) is 10.9 Å². The first-order chi connectivity index (χ1) is 12.2. The smallest absolute Gasteiger partial charge is 0.166 e. The second kappa shape index (κ2) is 8.19. The van der Waals surface area contributed by atoms with Crippen molar-refractivity contribution >= 4 is 39.8 Å². The molecule has 2 aromatic carbocycles. The number of fused-ring (bicyclic) bond motifs is 1. The van der Waals surface area contributed by atoms with Crippen molar-refractivity contribution in [3.05, 3.63) is 83.5 Å². The lowest BCUT2D eigenvalue weighted by Gasteiger charge is -2.20. The predicted octanol–water partition coefficient (Wildman–Crippen LogP) is 4.60. The van der Waals surface area contributed by atoms with Crippen LogP contribution in [0.15, 0.2) is 67.4 Å². The number of hydrogen-bond donors (Lipinski definition) is 3. The van der Waals surface area contributed by atoms with E-state index < -0.39 is 0 Å². The molecule has 0 radical (unpaired) electrons. The summed E-state index contributed by atoms with van der Waals surface area (Å²) >= 11 is 11.8. The second-order valence-electron chi connectivity index (χ2n) is 5.74. The lowest BCUT2D eigenvalue weighted by atomic mass is 9.91. The lowest BCUT2D eigenvalue weighted by molar-refractivity contribution is 0.751. The van der Waals surface area contributed by atoms with Gasteiger partial charge in [-0.2, -0.15) is 0 Å². The van der Waals surface area contributed by atoms with Crippen LogP contribution in [0.3, 0.4) is 0 Å². The highest BCUT2D eigenvalue weighted by atomic mass is 35.5. The number of H-pyrrole nitrogens is 1. The summed E-state index contributed by atoms with van der Waals surface area (Å²) in [6.07, 6.45) is 3.83. The van der Waals surface area contributed by atoms with Gasteiger partial charge in [-0.1, -0.05) is 54.1 Å². The van der Waals surface area contributed by atoms with Gasteiger partial charge in [0.05, 0.1) is 0 Å². The number of hydrogen-bond acceptors (Lipinski definition) is 1. The highest BCUT2D eigenvalue weighted by molar-refractivity contribution is 7.80. The molecule has 0 unspecified atom stereocenters. The van der Waals surface area contributed by atoms with E-state index in [1.807, 2.05) is 30.3 Å². The van der Waals surface area contributed by atoms with E-state index in [0.717, 1.165) is 16.1 Å². The normalized spacial score (nSPS) is 11.9. The summed E-state index contributed by atoms with van der Waals surface area (Å²) in [5.74, 6) is 0.0772. The molecule has 0 saturated heterocycles. The first kappa shape index (κ1) is 17.5. The van der Waals surface area contributed by atoms with E-state index in [-0.39, 0.29) is 5.92 Å². The van der Waals surface area contributed by atoms with E-state index in [9.17, 15) is 0 Å². The Morgan fingerprint density at radius 3 is 2.68 bits per heavy atom. The van der Waals surface area contributed by atoms with E-state index in [1.54, 1.807) is 6.08 Å². The van der Waals surface area contributed by atoms with Gasteiger partial charge in [-0.25, -0.2) is 0 Å². The van der Waals surface area contributed by atoms with Gasteiger partial charge in [-0.15, -0.1) is 6.58 Å². The molecule has 1 atom stereocenters. The van der Waals surface area contributed by atoms with Crippen LogP contribution >= 0.6 is 23.8 Å². The fourth-order valence-corrected chi connectivity index (χ4v) is 3.38. The van der Waals surface area contributed by atoms with Gasteiger partial charge >= 0.3 is 0 Å². The number of aromatic amines is 1. The summed E-state index contributed by atoms with van der Waals surface area (Å²) in [5.41, 5.74) is 3.39. The number of halogens is 1. The van der Waals surface area contributed by atoms with Crippen LogP contribution < -0.4 is 10.6 Å². The summed E-state index contributed by atoms with van der Waals surface area (Å²) in [4.78, 5) is 3.35. The van der Waals surface area contributed by atoms with Crippen LogP contribution in [0.1, 0.15) is 17.0 Å². The maximum atomic E-state index is 6.49. The first-order valence-electron chi connectivity index (χ1n) is 8.13. The molecule has 0 amide bonds. The number of benzene rings is 2. The van der Waals surface area contributed by atoms with Crippen LogP contribution in [0, 0.1) is 0 Å². The maximum absolute atomic E-state index is 6.49. The van der Waals surface area contributed by atoms with Crippen LogP contribution in [0.25, 0.3) is 10.9 Å². The minimum atomic E-state index is 0.0772. The molecule has 0 aliphatic carbocycles. The third-order valence-corrected chi connectivity index (χ3v) is 4.78. The van der Waals surface area contributed by atoms with Crippen molar-refractivity contribution in [2.24, 2.45) is 0 Å². The average molecular weight is 370 g/mol. The molecule has 1 aromatic heterocycles. The van der Waals surface area contributed by atoms with E-state index >= 15 is 0 Å². The highest BCUT2D eigenvalue weighted by Crippen LogP contribution is 2.33. The summed E-state index contributed by atoms with van der Waals surface area (Å²) in [7, 11) is 0. The average Bonchev–Trinajstić information content (AvgIpc) is 3.05. The van der Waals surface area contributed by atoms with Crippen molar-refractivity contribution in [1.82, 2.24) is 15.6 Å². The van der Waals surface area contributed by atoms with Gasteiger partial charge in [-0.3, -0.25) is 0 Å². The lowest BCUT2D eigenvalue weighted by Crippen LogP contribution is -2.37. The minimum Gasteiger partial charge on any atom is -0.362 e. The molecule has 5 heteroatoms. The zero-order chi connectivity index (χ0) is 17.6. The summed E-state index contributed by atoms with van der Waals surface area (Å²) in [5, 5.41) is 8.95. The summed E-state index contributed by atoms with van der Waals surface area (Å²) < 4.78 is 0. The highest BCUT2D eigenvalue weighted by Gasteiger charge is 2.20. The SMILES string of the molecule is C=CCNC(=S)NC[C@@H](c1ccccc1Cl)c1c[nH]c2ccccc12. The van der Waals surface area contributed by atoms with E-state index in [0.29, 0.717) is 18.2 Å². The Morgan fingerprint density at radius 1 is 1.12 bits per heavy atom. The van der Waals surface area contributed by atoms with Crippen molar-refractivity contribution in [2.45, 2.75) is 5.92 Å². The Labute approximate surface area is 158 Å². The molecule has 0 saturated carbocycles. The molecule has 25 heavy (non-hydrogen) atoms. The van der Waals surface area contributed by atoms with Gasteiger partial charge in [0.15, 0.2) is 5.11 Å². The summed E-state index contributed by atoms with van der Waals surface area (Å²) in [6.45, 7) is 4.97. The maximum Gasteiger partial charge on any atom is 0.166 e. The van der Waals surface area contributed by atoms with Gasteiger partial charge in [0.25, 0.3) is 0 Å². The Kier molecular flexibility index (Phi) is 5.74. The molecular formula is C20H20ClN3S. The quantitative estimate of drug-likeness (QED) is 0.439. The molecule has 3 nitrogen and oxygen atoms in total. The van der Waals surface area contributed by atoms with Crippen molar-refractivity contribution in [3.8, 4) is 0 Å². The molecule has 3 N–H and O–H groups in total. The van der Waals surface area contributed by atoms with Crippen LogP contribution in [0.2, 0.25) is 5.02 Å². The fourth-order valence-electron chi connectivity index (χ4n) is 2.95. The van der Waals surface area contributed by atoms with Crippen molar-refractivity contribution in [3.63, 3.8) is 0 Å². The van der Waals surface area contributed by atoms with Gasteiger partial charge < -0.3 is 15.6 Å². The van der Waals surface area contributed by atoms with Gasteiger partial charge in [0, 0.05) is 41.1 Å². The van der Waals surface area contributed by atoms with Crippen LogP contribution in [0.5, 0.6) is 0 Å². The fraction of sp³-hybridized carbons (Fsp3) is 0.150. The molecular weight excluding hydrogens is 350 g/mol. The summed E-state index contributed by atoms with van der Waals surface area (Å²) in [6, 6.07) is 16.2. The molecule has 0 bridgehead atoms. The van der Waals surface area contributed by atoms with Gasteiger partial charge in [0.1, 0.15) is 0 Å². The molecule has 128 valence electrons. The monoisotopic (exact) mass is 369 g/mol. The van der Waals surface area contributed by atoms with Crippen LogP contribution in [-0.2, 0) is 0 Å². The van der Waals surface area contributed by atoms with E-state index in [4.69, 9.17) is 23.8 Å². The first-order valence-corrected chi connectivity index (χ1v) is 8.92. The zero-order valence-electron chi connectivity index (χ0n) is 13.8. The Morgan fingerprint density at radius 2 is 1.88 bits per heavy atom. The van der Waals surface area contributed by atoms with Crippen molar-refractivity contribution in [2.75, 3.05) is 13.1 Å². The molecule has 1 heterocycles. The second-order valence-corrected chi connectivity index (χ2v) is 6.56. The van der Waals surface area contributed by atoms with Gasteiger partial charge in [-0.05, 0) is 35.5 Å². The minimum absolute atomic E-state index is 0.0772. The topological polar surface area (TPSA) is 39.8 Å². The number of para-hydroxylation sites is 1. The molecule has 3 aromatic rings. The largest absolute Gasteiger partial charge is 0.362 e. The number of aromatic nitrogens is 1. The Balaban J connectivity index is 1.93. The van der Waals surface area contributed by atoms with Gasteiger partial charge in [0.2, 0.25) is 0 Å². The third-order valence-electron chi connectivity index (χ3n) is 4.15. The third kappa shape index (κ3) is 4.03. The Bertz CT molecular complexity index is 887. The predicted molar refractivity (Wildman–Crippen MR) is 110 cm³/mol. The number of thiocarbonyl (C=S) groups is 1.